The molecule has 0 spiro atoms. The molecule has 1 aromatic carbocycles. The summed E-state index contributed by atoms with van der Waals surface area (Å²) in [6.45, 7) is 0. The number of hydrogen-bond donors (Lipinski definition) is 0. The maximum atomic E-state index is 13.8. The van der Waals surface area contributed by atoms with E-state index < -0.39 is 0 Å². The summed E-state index contributed by atoms with van der Waals surface area (Å²) in [5.41, 5.74) is 1.71. The van der Waals surface area contributed by atoms with E-state index in [0.717, 1.165) is 17.3 Å². The van der Waals surface area contributed by atoms with Crippen LogP contribution in [0, 0.1) is 5.82 Å². The molecule has 6 heteroatoms. The highest BCUT2D eigenvalue weighted by atomic mass is 32.2. The number of halogens is 1. The van der Waals surface area contributed by atoms with Crippen LogP contribution in [0.3, 0.4) is 0 Å². The van der Waals surface area contributed by atoms with Gasteiger partial charge in [-0.2, -0.15) is 0 Å². The number of aromatic nitrogens is 4. The number of hydrogen-bond acceptors (Lipinski definition) is 4. The molecule has 0 bridgehead atoms. The summed E-state index contributed by atoms with van der Waals surface area (Å²) in [6, 6.07) is 10.6. The van der Waals surface area contributed by atoms with Crippen LogP contribution in [0.25, 0.3) is 11.4 Å². The molecule has 0 aliphatic heterocycles. The standard InChI is InChI=1S/C16H15FN4S/c1-21-15(13-4-2-3-5-14(13)17)19-20-16(21)22-11-8-12-6-9-18-10-7-12/h2-7,9-10H,8,11H2,1H3. The van der Waals surface area contributed by atoms with Gasteiger partial charge in [-0.3, -0.25) is 4.98 Å². The Morgan fingerprint density at radius 1 is 1.09 bits per heavy atom. The third-order valence-electron chi connectivity index (χ3n) is 3.32. The summed E-state index contributed by atoms with van der Waals surface area (Å²) in [5.74, 6) is 1.14. The van der Waals surface area contributed by atoms with E-state index >= 15 is 0 Å². The Balaban J connectivity index is 1.70. The molecule has 112 valence electrons. The van der Waals surface area contributed by atoms with Gasteiger partial charge in [0.15, 0.2) is 11.0 Å². The maximum absolute atomic E-state index is 13.8. The molecule has 2 aromatic heterocycles. The number of aryl methyl sites for hydroxylation is 1. The van der Waals surface area contributed by atoms with E-state index in [1.54, 1.807) is 42.4 Å². The maximum Gasteiger partial charge on any atom is 0.191 e. The Morgan fingerprint density at radius 2 is 1.86 bits per heavy atom. The van der Waals surface area contributed by atoms with Crippen molar-refractivity contribution >= 4 is 11.8 Å². The van der Waals surface area contributed by atoms with E-state index in [1.807, 2.05) is 23.7 Å². The molecule has 0 N–H and O–H groups in total. The first-order chi connectivity index (χ1) is 10.8. The topological polar surface area (TPSA) is 43.6 Å². The van der Waals surface area contributed by atoms with Gasteiger partial charge in [-0.1, -0.05) is 23.9 Å². The Hall–Kier alpha value is -2.21. The van der Waals surface area contributed by atoms with Gasteiger partial charge in [0, 0.05) is 25.2 Å². The molecule has 0 unspecified atom stereocenters. The molecule has 0 aliphatic carbocycles. The van der Waals surface area contributed by atoms with E-state index in [2.05, 4.69) is 15.2 Å². The fourth-order valence-electron chi connectivity index (χ4n) is 2.13. The van der Waals surface area contributed by atoms with Crippen LogP contribution in [-0.4, -0.2) is 25.5 Å². The zero-order valence-electron chi connectivity index (χ0n) is 12.1. The van der Waals surface area contributed by atoms with Crippen molar-refractivity contribution in [2.24, 2.45) is 7.05 Å². The van der Waals surface area contributed by atoms with Gasteiger partial charge in [0.05, 0.1) is 5.56 Å². The van der Waals surface area contributed by atoms with Crippen molar-refractivity contribution in [2.45, 2.75) is 11.6 Å². The second kappa shape index (κ2) is 6.70. The normalized spacial score (nSPS) is 10.8. The van der Waals surface area contributed by atoms with Crippen molar-refractivity contribution < 1.29 is 4.39 Å². The molecule has 3 rings (SSSR count). The van der Waals surface area contributed by atoms with E-state index in [9.17, 15) is 4.39 Å². The minimum absolute atomic E-state index is 0.286. The van der Waals surface area contributed by atoms with Crippen molar-refractivity contribution in [3.8, 4) is 11.4 Å². The molecule has 0 amide bonds. The first-order valence-corrected chi connectivity index (χ1v) is 7.90. The van der Waals surface area contributed by atoms with Gasteiger partial charge >= 0.3 is 0 Å². The third kappa shape index (κ3) is 3.17. The zero-order chi connectivity index (χ0) is 15.4. The molecule has 0 radical (unpaired) electrons. The number of pyridine rings is 1. The van der Waals surface area contributed by atoms with E-state index in [1.165, 1.54) is 11.6 Å². The molecule has 2 heterocycles. The fourth-order valence-corrected chi connectivity index (χ4v) is 3.03. The first-order valence-electron chi connectivity index (χ1n) is 6.91. The molecule has 3 aromatic rings. The minimum Gasteiger partial charge on any atom is -0.305 e. The Kier molecular flexibility index (Phi) is 4.48. The Morgan fingerprint density at radius 3 is 2.64 bits per heavy atom. The van der Waals surface area contributed by atoms with Crippen molar-refractivity contribution in [3.63, 3.8) is 0 Å². The molecule has 0 saturated carbocycles. The predicted octanol–water partition coefficient (Wildman–Crippen LogP) is 3.35. The predicted molar refractivity (Wildman–Crippen MR) is 85.1 cm³/mol. The molecular weight excluding hydrogens is 299 g/mol. The van der Waals surface area contributed by atoms with Gasteiger partial charge in [0.1, 0.15) is 5.82 Å². The van der Waals surface area contributed by atoms with Crippen LogP contribution in [0.15, 0.2) is 53.9 Å². The number of benzene rings is 1. The highest BCUT2D eigenvalue weighted by molar-refractivity contribution is 7.99. The van der Waals surface area contributed by atoms with Crippen LogP contribution in [0.2, 0.25) is 0 Å². The van der Waals surface area contributed by atoms with Crippen LogP contribution >= 0.6 is 11.8 Å². The van der Waals surface area contributed by atoms with E-state index in [4.69, 9.17) is 0 Å². The average Bonchev–Trinajstić information content (AvgIpc) is 2.90. The summed E-state index contributed by atoms with van der Waals surface area (Å²) in [6.07, 6.45) is 4.51. The van der Waals surface area contributed by atoms with Gasteiger partial charge in [-0.05, 0) is 36.2 Å². The van der Waals surface area contributed by atoms with E-state index in [0.29, 0.717) is 11.4 Å². The van der Waals surface area contributed by atoms with Crippen LogP contribution in [0.4, 0.5) is 4.39 Å². The van der Waals surface area contributed by atoms with Crippen molar-refractivity contribution in [2.75, 3.05) is 5.75 Å². The van der Waals surface area contributed by atoms with Crippen LogP contribution < -0.4 is 0 Å². The van der Waals surface area contributed by atoms with Crippen molar-refractivity contribution in [1.82, 2.24) is 19.7 Å². The fraction of sp³-hybridized carbons (Fsp3) is 0.188. The number of rotatable bonds is 5. The van der Waals surface area contributed by atoms with Crippen LogP contribution in [-0.2, 0) is 13.5 Å². The molecule has 0 fully saturated rings. The van der Waals surface area contributed by atoms with Crippen molar-refractivity contribution in [1.29, 1.82) is 0 Å². The second-order valence-corrected chi connectivity index (χ2v) is 5.86. The summed E-state index contributed by atoms with van der Waals surface area (Å²) in [5, 5.41) is 9.06. The largest absolute Gasteiger partial charge is 0.305 e. The highest BCUT2D eigenvalue weighted by Crippen LogP contribution is 2.24. The second-order valence-electron chi connectivity index (χ2n) is 4.80. The Bertz CT molecular complexity index is 758. The lowest BCUT2D eigenvalue weighted by Gasteiger charge is -2.05. The van der Waals surface area contributed by atoms with E-state index in [-0.39, 0.29) is 5.82 Å². The van der Waals surface area contributed by atoms with Gasteiger partial charge in [-0.15, -0.1) is 10.2 Å². The minimum atomic E-state index is -0.286. The number of nitrogens with zero attached hydrogens (tertiary/aromatic N) is 4. The molecule has 0 saturated heterocycles. The van der Waals surface area contributed by atoms with Crippen LogP contribution in [0.5, 0.6) is 0 Å². The molecule has 4 nitrogen and oxygen atoms in total. The quantitative estimate of drug-likeness (QED) is 0.677. The first kappa shape index (κ1) is 14.7. The summed E-state index contributed by atoms with van der Waals surface area (Å²) in [7, 11) is 1.86. The smallest absolute Gasteiger partial charge is 0.191 e. The molecule has 22 heavy (non-hydrogen) atoms. The van der Waals surface area contributed by atoms with Gasteiger partial charge in [0.25, 0.3) is 0 Å². The van der Waals surface area contributed by atoms with Gasteiger partial charge < -0.3 is 4.57 Å². The van der Waals surface area contributed by atoms with Crippen LogP contribution in [0.1, 0.15) is 5.56 Å². The monoisotopic (exact) mass is 314 g/mol. The summed E-state index contributed by atoms with van der Waals surface area (Å²) >= 11 is 1.61. The Labute approximate surface area is 132 Å². The summed E-state index contributed by atoms with van der Waals surface area (Å²) in [4.78, 5) is 4.00. The summed E-state index contributed by atoms with van der Waals surface area (Å²) < 4.78 is 15.7. The third-order valence-corrected chi connectivity index (χ3v) is 4.34. The lowest BCUT2D eigenvalue weighted by molar-refractivity contribution is 0.628. The molecule has 0 aliphatic rings. The average molecular weight is 314 g/mol. The SMILES string of the molecule is Cn1c(SCCc2ccncc2)nnc1-c1ccccc1F. The molecular formula is C16H15FN4S. The zero-order valence-corrected chi connectivity index (χ0v) is 12.9. The number of thioether (sulfide) groups is 1. The van der Waals surface area contributed by atoms with Gasteiger partial charge in [0.2, 0.25) is 0 Å². The lowest BCUT2D eigenvalue weighted by atomic mass is 10.2. The van der Waals surface area contributed by atoms with Gasteiger partial charge in [-0.25, -0.2) is 4.39 Å². The highest BCUT2D eigenvalue weighted by Gasteiger charge is 2.14. The lowest BCUT2D eigenvalue weighted by Crippen LogP contribution is -1.97. The van der Waals surface area contributed by atoms with Crippen molar-refractivity contribution in [3.05, 3.63) is 60.2 Å². The molecule has 0 atom stereocenters.